The molecule has 0 aliphatic carbocycles. The van der Waals surface area contributed by atoms with Gasteiger partial charge in [0.2, 0.25) is 0 Å². The van der Waals surface area contributed by atoms with Gasteiger partial charge in [-0.25, -0.2) is 9.88 Å². The number of carbonyl (C=O) groups excluding carboxylic acids is 2. The third kappa shape index (κ3) is 3.26. The van der Waals surface area contributed by atoms with Crippen LogP contribution in [0.3, 0.4) is 0 Å². The summed E-state index contributed by atoms with van der Waals surface area (Å²) >= 11 is 0. The van der Waals surface area contributed by atoms with Gasteiger partial charge in [-0.05, 0) is 54.0 Å². The minimum atomic E-state index is -0.323. The van der Waals surface area contributed by atoms with Crippen LogP contribution in [0.5, 0.6) is 0 Å². The number of hydrogen-bond acceptors (Lipinski definition) is 3. The van der Waals surface area contributed by atoms with Crippen molar-refractivity contribution >= 4 is 29.2 Å². The molecule has 0 radical (unpaired) electrons. The third-order valence-electron chi connectivity index (χ3n) is 5.45. The van der Waals surface area contributed by atoms with E-state index in [2.05, 4.69) is 4.98 Å². The standard InChI is InChI=1S/C26H19N3O2/c1-18-6-2-5-9-24(18)29-25(30)22-8-4-3-7-21(22)23(26(29)31)16-19-10-12-20(13-11-19)28-15-14-27-17-28/h2-17H,1H3/b23-16-. The van der Waals surface area contributed by atoms with Crippen molar-refractivity contribution in [2.45, 2.75) is 6.92 Å². The Labute approximate surface area is 179 Å². The lowest BCUT2D eigenvalue weighted by Gasteiger charge is -2.29. The molecule has 0 saturated heterocycles. The zero-order valence-corrected chi connectivity index (χ0v) is 16.9. The zero-order valence-electron chi connectivity index (χ0n) is 16.9. The number of fused-ring (bicyclic) bond motifs is 1. The van der Waals surface area contributed by atoms with E-state index in [0.29, 0.717) is 22.4 Å². The maximum Gasteiger partial charge on any atom is 0.265 e. The second-order valence-corrected chi connectivity index (χ2v) is 7.40. The van der Waals surface area contributed by atoms with Crippen molar-refractivity contribution in [2.24, 2.45) is 0 Å². The van der Waals surface area contributed by atoms with Crippen molar-refractivity contribution in [1.82, 2.24) is 9.55 Å². The monoisotopic (exact) mass is 405 g/mol. The fourth-order valence-corrected chi connectivity index (χ4v) is 3.85. The molecular weight excluding hydrogens is 386 g/mol. The Morgan fingerprint density at radius 1 is 0.806 bits per heavy atom. The van der Waals surface area contributed by atoms with E-state index in [0.717, 1.165) is 16.8 Å². The molecule has 150 valence electrons. The van der Waals surface area contributed by atoms with Crippen molar-refractivity contribution in [1.29, 1.82) is 0 Å². The smallest absolute Gasteiger partial charge is 0.265 e. The molecule has 4 aromatic rings. The van der Waals surface area contributed by atoms with Gasteiger partial charge < -0.3 is 4.57 Å². The summed E-state index contributed by atoms with van der Waals surface area (Å²) in [6, 6.07) is 22.5. The fraction of sp³-hybridized carbons (Fsp3) is 0.0385. The Hall–Kier alpha value is -4.25. The van der Waals surface area contributed by atoms with E-state index in [1.807, 2.05) is 84.4 Å². The topological polar surface area (TPSA) is 55.2 Å². The number of rotatable bonds is 3. The molecule has 0 bridgehead atoms. The van der Waals surface area contributed by atoms with E-state index in [4.69, 9.17) is 0 Å². The Balaban J connectivity index is 1.61. The first-order valence-electron chi connectivity index (χ1n) is 9.97. The van der Waals surface area contributed by atoms with Crippen molar-refractivity contribution in [3.63, 3.8) is 0 Å². The van der Waals surface area contributed by atoms with Crippen LogP contribution in [0, 0.1) is 6.92 Å². The van der Waals surface area contributed by atoms with Crippen LogP contribution in [0.4, 0.5) is 5.69 Å². The number of aryl methyl sites for hydroxylation is 1. The number of para-hydroxylation sites is 1. The van der Waals surface area contributed by atoms with Crippen LogP contribution >= 0.6 is 0 Å². The molecule has 1 aliphatic rings. The molecule has 5 rings (SSSR count). The highest BCUT2D eigenvalue weighted by molar-refractivity contribution is 6.43. The number of nitrogens with zero attached hydrogens (tertiary/aromatic N) is 3. The molecule has 31 heavy (non-hydrogen) atoms. The molecule has 0 atom stereocenters. The van der Waals surface area contributed by atoms with E-state index in [-0.39, 0.29) is 11.8 Å². The zero-order chi connectivity index (χ0) is 21.4. The highest BCUT2D eigenvalue weighted by Gasteiger charge is 2.36. The van der Waals surface area contributed by atoms with E-state index < -0.39 is 0 Å². The predicted molar refractivity (Wildman–Crippen MR) is 121 cm³/mol. The fourth-order valence-electron chi connectivity index (χ4n) is 3.85. The van der Waals surface area contributed by atoms with E-state index in [1.165, 1.54) is 4.90 Å². The van der Waals surface area contributed by atoms with Gasteiger partial charge in [-0.1, -0.05) is 48.5 Å². The second kappa shape index (κ2) is 7.54. The summed E-state index contributed by atoms with van der Waals surface area (Å²) in [4.78, 5) is 32.1. The Bertz CT molecular complexity index is 1320. The van der Waals surface area contributed by atoms with Crippen molar-refractivity contribution in [3.8, 4) is 5.69 Å². The first kappa shape index (κ1) is 18.8. The molecule has 3 aromatic carbocycles. The summed E-state index contributed by atoms with van der Waals surface area (Å²) < 4.78 is 1.91. The molecule has 5 heteroatoms. The Morgan fingerprint density at radius 3 is 2.23 bits per heavy atom. The van der Waals surface area contributed by atoms with Gasteiger partial charge in [0, 0.05) is 29.2 Å². The van der Waals surface area contributed by atoms with Crippen LogP contribution < -0.4 is 4.90 Å². The maximum atomic E-state index is 13.5. The number of imidazole rings is 1. The Morgan fingerprint density at radius 2 is 1.52 bits per heavy atom. The van der Waals surface area contributed by atoms with Gasteiger partial charge in [0.25, 0.3) is 11.8 Å². The van der Waals surface area contributed by atoms with Gasteiger partial charge in [0.15, 0.2) is 0 Å². The van der Waals surface area contributed by atoms with Crippen LogP contribution in [-0.4, -0.2) is 21.4 Å². The first-order valence-corrected chi connectivity index (χ1v) is 9.97. The summed E-state index contributed by atoms with van der Waals surface area (Å²) in [5.41, 5.74) is 5.00. The molecular formula is C26H19N3O2. The molecule has 0 saturated carbocycles. The van der Waals surface area contributed by atoms with Gasteiger partial charge in [0.1, 0.15) is 0 Å². The molecule has 2 amide bonds. The number of anilines is 1. The van der Waals surface area contributed by atoms with Crippen LogP contribution in [0.2, 0.25) is 0 Å². The largest absolute Gasteiger partial charge is 0.306 e. The minimum Gasteiger partial charge on any atom is -0.306 e. The van der Waals surface area contributed by atoms with Gasteiger partial charge in [-0.2, -0.15) is 0 Å². The molecule has 5 nitrogen and oxygen atoms in total. The highest BCUT2D eigenvalue weighted by atomic mass is 16.2. The van der Waals surface area contributed by atoms with Gasteiger partial charge in [-0.15, -0.1) is 0 Å². The van der Waals surface area contributed by atoms with Gasteiger partial charge >= 0.3 is 0 Å². The summed E-state index contributed by atoms with van der Waals surface area (Å²) in [5.74, 6) is -0.626. The summed E-state index contributed by atoms with van der Waals surface area (Å²) in [5, 5.41) is 0. The molecule has 0 fully saturated rings. The van der Waals surface area contributed by atoms with Gasteiger partial charge in [-0.3, -0.25) is 9.59 Å². The minimum absolute atomic E-state index is 0.303. The van der Waals surface area contributed by atoms with Gasteiger partial charge in [0.05, 0.1) is 12.0 Å². The lowest BCUT2D eigenvalue weighted by atomic mass is 9.91. The van der Waals surface area contributed by atoms with Crippen LogP contribution in [0.25, 0.3) is 17.3 Å². The SMILES string of the molecule is Cc1ccccc1N1C(=O)/C(=C\c2ccc(-n3ccnc3)cc2)c2ccccc2C1=O. The van der Waals surface area contributed by atoms with Crippen LogP contribution in [0.15, 0.2) is 91.5 Å². The molecule has 0 unspecified atom stereocenters. The van der Waals surface area contributed by atoms with Crippen LogP contribution in [0.1, 0.15) is 27.0 Å². The number of hydrogen-bond donors (Lipinski definition) is 0. The molecule has 0 N–H and O–H groups in total. The van der Waals surface area contributed by atoms with Crippen molar-refractivity contribution < 1.29 is 9.59 Å². The maximum absolute atomic E-state index is 13.5. The number of benzene rings is 3. The average molecular weight is 405 g/mol. The number of amides is 2. The second-order valence-electron chi connectivity index (χ2n) is 7.40. The average Bonchev–Trinajstić information content (AvgIpc) is 3.33. The third-order valence-corrected chi connectivity index (χ3v) is 5.45. The molecule has 0 spiro atoms. The molecule has 1 aliphatic heterocycles. The molecule has 1 aromatic heterocycles. The number of aromatic nitrogens is 2. The van der Waals surface area contributed by atoms with Crippen molar-refractivity contribution in [3.05, 3.63) is 114 Å². The normalized spacial score (nSPS) is 14.7. The molecule has 2 heterocycles. The number of carbonyl (C=O) groups is 2. The highest BCUT2D eigenvalue weighted by Crippen LogP contribution is 2.34. The Kier molecular flexibility index (Phi) is 4.56. The predicted octanol–water partition coefficient (Wildman–Crippen LogP) is 4.91. The lowest BCUT2D eigenvalue weighted by molar-refractivity contribution is -0.112. The first-order chi connectivity index (χ1) is 15.1. The van der Waals surface area contributed by atoms with Crippen molar-refractivity contribution in [2.75, 3.05) is 4.90 Å². The van der Waals surface area contributed by atoms with Crippen LogP contribution in [-0.2, 0) is 4.79 Å². The number of imide groups is 1. The van der Waals surface area contributed by atoms with E-state index in [9.17, 15) is 9.59 Å². The summed E-state index contributed by atoms with van der Waals surface area (Å²) in [6.07, 6.45) is 7.18. The summed E-state index contributed by atoms with van der Waals surface area (Å²) in [6.45, 7) is 1.90. The van der Waals surface area contributed by atoms with E-state index >= 15 is 0 Å². The lowest BCUT2D eigenvalue weighted by Crippen LogP contribution is -2.42. The summed E-state index contributed by atoms with van der Waals surface area (Å²) in [7, 11) is 0. The quantitative estimate of drug-likeness (QED) is 0.360. The van der Waals surface area contributed by atoms with E-state index in [1.54, 1.807) is 24.7 Å².